The first-order valence-corrected chi connectivity index (χ1v) is 10.1. The zero-order valence-corrected chi connectivity index (χ0v) is 18.7. The largest absolute Gasteiger partial charge is 0.454 e. The van der Waals surface area contributed by atoms with Gasteiger partial charge in [-0.15, -0.1) is 0 Å². The number of hydrogen-bond donors (Lipinski definition) is 2. The van der Waals surface area contributed by atoms with Crippen molar-refractivity contribution in [3.63, 3.8) is 0 Å². The Morgan fingerprint density at radius 1 is 1.15 bits per heavy atom. The van der Waals surface area contributed by atoms with Crippen LogP contribution in [0.4, 0.5) is 20.2 Å². The molecule has 0 aliphatic carbocycles. The number of nitro groups is 1. The fraction of sp³-hybridized carbons (Fsp3) is 0.286. The summed E-state index contributed by atoms with van der Waals surface area (Å²) in [5.41, 5.74) is -0.461. The highest BCUT2D eigenvalue weighted by molar-refractivity contribution is 6.34. The van der Waals surface area contributed by atoms with Crippen LogP contribution in [0.15, 0.2) is 42.5 Å². The Balaban J connectivity index is 2.01. The lowest BCUT2D eigenvalue weighted by Gasteiger charge is -2.21. The average molecular weight is 500 g/mol. The van der Waals surface area contributed by atoms with Gasteiger partial charge in [-0.25, -0.2) is 4.79 Å². The third-order valence-corrected chi connectivity index (χ3v) is 4.65. The molecule has 2 aromatic rings. The van der Waals surface area contributed by atoms with Crippen molar-refractivity contribution in [3.05, 3.63) is 63.2 Å². The summed E-state index contributed by atoms with van der Waals surface area (Å²) in [5, 5.41) is 15.3. The summed E-state index contributed by atoms with van der Waals surface area (Å²) in [6.45, 7) is -0.641. The number of carbonyl (C=O) groups excluding carboxylic acids is 3. The number of halogens is 3. The molecule has 1 atom stereocenters. The first kappa shape index (κ1) is 26.5. The number of para-hydroxylation sites is 2. The number of carbonyl (C=O) groups is 3. The Bertz CT molecular complexity index is 1080. The topological polar surface area (TPSA) is 137 Å². The second-order valence-corrected chi connectivity index (χ2v) is 7.55. The summed E-state index contributed by atoms with van der Waals surface area (Å²) in [6, 6.07) is 7.51. The Kier molecular flexibility index (Phi) is 9.25. The Hall–Kier alpha value is -3.80. The van der Waals surface area contributed by atoms with Crippen LogP contribution in [-0.4, -0.2) is 42.0 Å². The highest BCUT2D eigenvalue weighted by Gasteiger charge is 2.28. The van der Waals surface area contributed by atoms with E-state index in [0.717, 1.165) is 18.2 Å². The molecule has 0 radical (unpaired) electrons. The number of ether oxygens (including phenoxy) is 2. The van der Waals surface area contributed by atoms with Crippen molar-refractivity contribution in [1.82, 2.24) is 5.32 Å². The lowest BCUT2D eigenvalue weighted by atomic mass is 10.0. The Labute approximate surface area is 197 Å². The number of nitrogens with zero attached hydrogens (tertiary/aromatic N) is 1. The number of anilines is 1. The Morgan fingerprint density at radius 2 is 1.82 bits per heavy atom. The first-order chi connectivity index (χ1) is 16.0. The quantitative estimate of drug-likeness (QED) is 0.288. The van der Waals surface area contributed by atoms with E-state index >= 15 is 0 Å². The predicted octanol–water partition coefficient (Wildman–Crippen LogP) is 3.79. The van der Waals surface area contributed by atoms with E-state index in [-0.39, 0.29) is 27.7 Å². The van der Waals surface area contributed by atoms with Crippen molar-refractivity contribution in [2.45, 2.75) is 26.5 Å². The molecule has 0 aliphatic rings. The molecule has 0 unspecified atom stereocenters. The van der Waals surface area contributed by atoms with Crippen LogP contribution in [-0.2, 0) is 14.3 Å². The number of non-ortho nitro benzene ring substituents is 1. The SMILES string of the molecule is CC(C)[C@H](NC(=O)c1ccc([N+](=O)[O-])cc1Cl)C(=O)OCC(=O)Nc1ccccc1OC(F)F. The van der Waals surface area contributed by atoms with Crippen molar-refractivity contribution < 1.29 is 37.6 Å². The zero-order chi connectivity index (χ0) is 25.4. The minimum absolute atomic E-state index is 0.0506. The summed E-state index contributed by atoms with van der Waals surface area (Å²) >= 11 is 5.94. The van der Waals surface area contributed by atoms with E-state index in [4.69, 9.17) is 16.3 Å². The smallest absolute Gasteiger partial charge is 0.387 e. The molecule has 2 amide bonds. The number of hydrogen-bond acceptors (Lipinski definition) is 7. The number of amides is 2. The molecule has 10 nitrogen and oxygen atoms in total. The second kappa shape index (κ2) is 11.9. The van der Waals surface area contributed by atoms with Crippen LogP contribution in [0.5, 0.6) is 5.75 Å². The highest BCUT2D eigenvalue weighted by atomic mass is 35.5. The molecule has 0 heterocycles. The van der Waals surface area contributed by atoms with E-state index in [1.165, 1.54) is 24.3 Å². The maximum Gasteiger partial charge on any atom is 0.387 e. The van der Waals surface area contributed by atoms with Gasteiger partial charge in [-0.3, -0.25) is 19.7 Å². The molecule has 2 aromatic carbocycles. The fourth-order valence-electron chi connectivity index (χ4n) is 2.70. The van der Waals surface area contributed by atoms with E-state index in [9.17, 15) is 33.3 Å². The van der Waals surface area contributed by atoms with Crippen molar-refractivity contribution in [1.29, 1.82) is 0 Å². The number of rotatable bonds is 10. The minimum atomic E-state index is -3.10. The molecule has 0 saturated carbocycles. The monoisotopic (exact) mass is 499 g/mol. The average Bonchev–Trinajstić information content (AvgIpc) is 2.76. The van der Waals surface area contributed by atoms with E-state index in [2.05, 4.69) is 15.4 Å². The molecule has 13 heteroatoms. The van der Waals surface area contributed by atoms with Gasteiger partial charge in [0.15, 0.2) is 6.61 Å². The van der Waals surface area contributed by atoms with E-state index in [0.29, 0.717) is 0 Å². The van der Waals surface area contributed by atoms with Crippen LogP contribution in [0.3, 0.4) is 0 Å². The van der Waals surface area contributed by atoms with Crippen molar-refractivity contribution in [2.75, 3.05) is 11.9 Å². The second-order valence-electron chi connectivity index (χ2n) is 7.15. The van der Waals surface area contributed by atoms with Crippen LogP contribution >= 0.6 is 11.6 Å². The number of benzene rings is 2. The van der Waals surface area contributed by atoms with Gasteiger partial charge >= 0.3 is 12.6 Å². The Morgan fingerprint density at radius 3 is 2.41 bits per heavy atom. The van der Waals surface area contributed by atoms with E-state index in [1.54, 1.807) is 13.8 Å². The molecule has 0 aliphatic heterocycles. The number of esters is 1. The summed E-state index contributed by atoms with van der Waals surface area (Å²) in [5.74, 6) is -3.28. The molecule has 0 fully saturated rings. The third kappa shape index (κ3) is 7.37. The van der Waals surface area contributed by atoms with Crippen molar-refractivity contribution in [3.8, 4) is 5.75 Å². The molecular weight excluding hydrogens is 480 g/mol. The van der Waals surface area contributed by atoms with Gasteiger partial charge in [0.05, 0.1) is 21.2 Å². The predicted molar refractivity (Wildman–Crippen MR) is 117 cm³/mol. The summed E-state index contributed by atoms with van der Waals surface area (Å²) < 4.78 is 34.2. The fourth-order valence-corrected chi connectivity index (χ4v) is 2.96. The number of nitrogens with one attached hydrogen (secondary N) is 2. The van der Waals surface area contributed by atoms with E-state index in [1.807, 2.05) is 0 Å². The lowest BCUT2D eigenvalue weighted by molar-refractivity contribution is -0.384. The number of nitro benzene ring substituents is 1. The molecule has 0 spiro atoms. The van der Waals surface area contributed by atoms with Crippen LogP contribution in [0.2, 0.25) is 5.02 Å². The molecule has 0 saturated heterocycles. The molecule has 182 valence electrons. The van der Waals surface area contributed by atoms with Gasteiger partial charge in [0.2, 0.25) is 0 Å². The molecule has 34 heavy (non-hydrogen) atoms. The molecule has 0 aromatic heterocycles. The van der Waals surface area contributed by atoms with Gasteiger partial charge in [0.1, 0.15) is 11.8 Å². The van der Waals surface area contributed by atoms with Gasteiger partial charge in [-0.2, -0.15) is 8.78 Å². The van der Waals surface area contributed by atoms with Crippen molar-refractivity contribution in [2.24, 2.45) is 5.92 Å². The molecule has 2 N–H and O–H groups in total. The molecule has 2 rings (SSSR count). The maximum absolute atomic E-state index is 12.5. The normalized spacial score (nSPS) is 11.6. The van der Waals surface area contributed by atoms with Crippen LogP contribution in [0.25, 0.3) is 0 Å². The lowest BCUT2D eigenvalue weighted by Crippen LogP contribution is -2.46. The summed E-state index contributed by atoms with van der Waals surface area (Å²) in [6.07, 6.45) is 0. The van der Waals surface area contributed by atoms with E-state index < -0.39 is 47.9 Å². The van der Waals surface area contributed by atoms with Gasteiger partial charge in [0, 0.05) is 12.1 Å². The summed E-state index contributed by atoms with van der Waals surface area (Å²) in [7, 11) is 0. The molecule has 0 bridgehead atoms. The van der Waals surface area contributed by atoms with Gasteiger partial charge < -0.3 is 20.1 Å². The van der Waals surface area contributed by atoms with Gasteiger partial charge in [-0.05, 0) is 24.1 Å². The van der Waals surface area contributed by atoms with Gasteiger partial charge in [0.25, 0.3) is 17.5 Å². The summed E-state index contributed by atoms with van der Waals surface area (Å²) in [4.78, 5) is 47.3. The molecular formula is C21H20ClF2N3O7. The van der Waals surface area contributed by atoms with Crippen LogP contribution in [0.1, 0.15) is 24.2 Å². The number of alkyl halides is 2. The maximum atomic E-state index is 12.5. The zero-order valence-electron chi connectivity index (χ0n) is 17.9. The standard InChI is InChI=1S/C21H20ClF2N3O7/c1-11(2)18(26-19(29)13-8-7-12(27(31)32)9-14(13)22)20(30)33-10-17(28)25-15-5-3-4-6-16(15)34-21(23)24/h3-9,11,18,21H,10H2,1-2H3,(H,25,28)(H,26,29)/t18-/m0/s1. The van der Waals surface area contributed by atoms with Gasteiger partial charge in [-0.1, -0.05) is 37.6 Å². The highest BCUT2D eigenvalue weighted by Crippen LogP contribution is 2.25. The third-order valence-electron chi connectivity index (χ3n) is 4.34. The minimum Gasteiger partial charge on any atom is -0.454 e. The van der Waals surface area contributed by atoms with Crippen LogP contribution in [0, 0.1) is 16.0 Å². The first-order valence-electron chi connectivity index (χ1n) is 9.74. The van der Waals surface area contributed by atoms with Crippen LogP contribution < -0.4 is 15.4 Å². The van der Waals surface area contributed by atoms with Crippen molar-refractivity contribution >= 4 is 40.8 Å².